The number of nitrogens with two attached hydrogens (primary N) is 1. The second kappa shape index (κ2) is 5.61. The summed E-state index contributed by atoms with van der Waals surface area (Å²) in [6, 6.07) is 3.88. The van der Waals surface area contributed by atoms with Crippen molar-refractivity contribution in [2.45, 2.75) is 13.1 Å². The molecule has 0 atom stereocenters. The van der Waals surface area contributed by atoms with Crippen molar-refractivity contribution in [3.05, 3.63) is 41.9 Å². The van der Waals surface area contributed by atoms with Gasteiger partial charge in [0, 0.05) is 38.1 Å². The molecule has 18 heavy (non-hydrogen) atoms. The molecule has 0 saturated carbocycles. The van der Waals surface area contributed by atoms with Gasteiger partial charge in [0.05, 0.1) is 6.20 Å². The molecule has 2 aromatic rings. The molecule has 0 aliphatic rings. The van der Waals surface area contributed by atoms with Crippen LogP contribution in [-0.4, -0.2) is 26.7 Å². The molecule has 0 saturated heterocycles. The molecule has 2 aromatic heterocycles. The number of hydrazine groups is 1. The minimum absolute atomic E-state index is 0.675. The second-order valence-corrected chi connectivity index (χ2v) is 4.39. The molecule has 2 heterocycles. The lowest BCUT2D eigenvalue weighted by Gasteiger charge is -2.15. The first kappa shape index (κ1) is 12.5. The normalized spacial score (nSPS) is 10.9. The first-order valence-corrected chi connectivity index (χ1v) is 5.75. The summed E-state index contributed by atoms with van der Waals surface area (Å²) >= 11 is 0. The third-order valence-corrected chi connectivity index (χ3v) is 2.64. The Morgan fingerprint density at radius 1 is 1.28 bits per heavy atom. The molecule has 96 valence electrons. The van der Waals surface area contributed by atoms with E-state index in [-0.39, 0.29) is 0 Å². The van der Waals surface area contributed by atoms with Crippen molar-refractivity contribution in [1.82, 2.24) is 19.7 Å². The molecule has 2 rings (SSSR count). The van der Waals surface area contributed by atoms with Crippen LogP contribution in [0.4, 0.5) is 5.82 Å². The summed E-state index contributed by atoms with van der Waals surface area (Å²) in [6.45, 7) is 1.71. The SMILES string of the molecule is CN(Cc1ccc(NN)nc1)Cc1cnn(C)c1. The van der Waals surface area contributed by atoms with Gasteiger partial charge < -0.3 is 5.43 Å². The van der Waals surface area contributed by atoms with Gasteiger partial charge in [0.2, 0.25) is 0 Å². The van der Waals surface area contributed by atoms with E-state index in [4.69, 9.17) is 5.84 Å². The number of hydrogen-bond acceptors (Lipinski definition) is 5. The number of rotatable bonds is 5. The van der Waals surface area contributed by atoms with Crippen molar-refractivity contribution in [2.24, 2.45) is 12.9 Å². The molecule has 0 amide bonds. The molecule has 0 aliphatic heterocycles. The van der Waals surface area contributed by atoms with Gasteiger partial charge in [0.1, 0.15) is 5.82 Å². The van der Waals surface area contributed by atoms with Crippen LogP contribution in [-0.2, 0) is 20.1 Å². The Labute approximate surface area is 106 Å². The standard InChI is InChI=1S/C12H18N6/c1-17(8-11-6-15-18(2)9-11)7-10-3-4-12(16-13)14-5-10/h3-6,9H,7-8,13H2,1-2H3,(H,14,16). The molecule has 6 nitrogen and oxygen atoms in total. The maximum atomic E-state index is 5.27. The molecule has 0 fully saturated rings. The molecular formula is C12H18N6. The average molecular weight is 246 g/mol. The fraction of sp³-hybridized carbons (Fsp3) is 0.333. The summed E-state index contributed by atoms with van der Waals surface area (Å²) in [5.74, 6) is 5.95. The predicted molar refractivity (Wildman–Crippen MR) is 70.4 cm³/mol. The topological polar surface area (TPSA) is 72.0 Å². The van der Waals surface area contributed by atoms with Crippen LogP contribution in [0.25, 0.3) is 0 Å². The van der Waals surface area contributed by atoms with Gasteiger partial charge in [-0.3, -0.25) is 9.58 Å². The molecule has 0 spiro atoms. The lowest BCUT2D eigenvalue weighted by molar-refractivity contribution is 0.318. The summed E-state index contributed by atoms with van der Waals surface area (Å²) in [5.41, 5.74) is 4.87. The highest BCUT2D eigenvalue weighted by atomic mass is 15.2. The van der Waals surface area contributed by atoms with Gasteiger partial charge in [0.25, 0.3) is 0 Å². The quantitative estimate of drug-likeness (QED) is 0.601. The van der Waals surface area contributed by atoms with E-state index in [1.165, 1.54) is 5.56 Å². The van der Waals surface area contributed by atoms with E-state index in [1.807, 2.05) is 42.5 Å². The van der Waals surface area contributed by atoms with E-state index < -0.39 is 0 Å². The smallest absolute Gasteiger partial charge is 0.139 e. The van der Waals surface area contributed by atoms with Crippen molar-refractivity contribution in [1.29, 1.82) is 0 Å². The van der Waals surface area contributed by atoms with Crippen LogP contribution >= 0.6 is 0 Å². The number of nitrogen functional groups attached to an aromatic ring is 1. The van der Waals surface area contributed by atoms with Crippen LogP contribution in [0.1, 0.15) is 11.1 Å². The highest BCUT2D eigenvalue weighted by Gasteiger charge is 2.04. The lowest BCUT2D eigenvalue weighted by atomic mass is 10.2. The van der Waals surface area contributed by atoms with Gasteiger partial charge in [-0.2, -0.15) is 5.10 Å². The summed E-state index contributed by atoms with van der Waals surface area (Å²) in [7, 11) is 3.99. The Morgan fingerprint density at radius 3 is 2.61 bits per heavy atom. The van der Waals surface area contributed by atoms with Crippen LogP contribution < -0.4 is 11.3 Å². The molecule has 0 radical (unpaired) electrons. The zero-order chi connectivity index (χ0) is 13.0. The maximum absolute atomic E-state index is 5.27. The highest BCUT2D eigenvalue weighted by molar-refractivity contribution is 5.33. The summed E-state index contributed by atoms with van der Waals surface area (Å²) in [4.78, 5) is 6.39. The molecule has 0 bridgehead atoms. The third-order valence-electron chi connectivity index (χ3n) is 2.64. The van der Waals surface area contributed by atoms with Crippen LogP contribution in [0.2, 0.25) is 0 Å². The van der Waals surface area contributed by atoms with Gasteiger partial charge in [-0.25, -0.2) is 10.8 Å². The van der Waals surface area contributed by atoms with Crippen molar-refractivity contribution in [2.75, 3.05) is 12.5 Å². The van der Waals surface area contributed by atoms with Crippen molar-refractivity contribution >= 4 is 5.82 Å². The van der Waals surface area contributed by atoms with Crippen molar-refractivity contribution in [3.63, 3.8) is 0 Å². The molecule has 0 aromatic carbocycles. The number of pyridine rings is 1. The zero-order valence-corrected chi connectivity index (χ0v) is 10.7. The van der Waals surface area contributed by atoms with E-state index in [0.717, 1.165) is 18.7 Å². The lowest BCUT2D eigenvalue weighted by Crippen LogP contribution is -2.17. The second-order valence-electron chi connectivity index (χ2n) is 4.39. The first-order valence-electron chi connectivity index (χ1n) is 5.75. The fourth-order valence-electron chi connectivity index (χ4n) is 1.84. The molecule has 0 aliphatic carbocycles. The van der Waals surface area contributed by atoms with Gasteiger partial charge in [0.15, 0.2) is 0 Å². The molecule has 6 heteroatoms. The fourth-order valence-corrected chi connectivity index (χ4v) is 1.84. The highest BCUT2D eigenvalue weighted by Crippen LogP contribution is 2.08. The Hall–Kier alpha value is -1.92. The maximum Gasteiger partial charge on any atom is 0.139 e. The van der Waals surface area contributed by atoms with E-state index in [0.29, 0.717) is 5.82 Å². The summed E-state index contributed by atoms with van der Waals surface area (Å²) in [6.07, 6.45) is 5.74. The van der Waals surface area contributed by atoms with Gasteiger partial charge >= 0.3 is 0 Å². The third kappa shape index (κ3) is 3.28. The average Bonchev–Trinajstić information content (AvgIpc) is 2.75. The van der Waals surface area contributed by atoms with Crippen LogP contribution in [0.3, 0.4) is 0 Å². The molecule has 3 N–H and O–H groups in total. The number of anilines is 1. The summed E-state index contributed by atoms with van der Waals surface area (Å²) < 4.78 is 1.81. The largest absolute Gasteiger partial charge is 0.308 e. The number of aromatic nitrogens is 3. The summed E-state index contributed by atoms with van der Waals surface area (Å²) in [5, 5.41) is 4.15. The minimum atomic E-state index is 0.675. The van der Waals surface area contributed by atoms with Crippen LogP contribution in [0, 0.1) is 0 Å². The van der Waals surface area contributed by atoms with Gasteiger partial charge in [-0.05, 0) is 18.7 Å². The zero-order valence-electron chi connectivity index (χ0n) is 10.7. The van der Waals surface area contributed by atoms with E-state index >= 15 is 0 Å². The molecule has 0 unspecified atom stereocenters. The van der Waals surface area contributed by atoms with Crippen LogP contribution in [0.5, 0.6) is 0 Å². The molecular weight excluding hydrogens is 228 g/mol. The van der Waals surface area contributed by atoms with E-state index in [2.05, 4.69) is 27.5 Å². The van der Waals surface area contributed by atoms with Gasteiger partial charge in [-0.15, -0.1) is 0 Å². The number of nitrogens with one attached hydrogen (secondary N) is 1. The Balaban J connectivity index is 1.91. The first-order chi connectivity index (χ1) is 8.67. The Morgan fingerprint density at radius 2 is 2.06 bits per heavy atom. The van der Waals surface area contributed by atoms with E-state index in [9.17, 15) is 0 Å². The van der Waals surface area contributed by atoms with Crippen LogP contribution in [0.15, 0.2) is 30.7 Å². The predicted octanol–water partition coefficient (Wildman–Crippen LogP) is 0.733. The number of nitrogens with zero attached hydrogens (tertiary/aromatic N) is 4. The number of aryl methyl sites for hydroxylation is 1. The van der Waals surface area contributed by atoms with Crippen molar-refractivity contribution < 1.29 is 0 Å². The number of hydrogen-bond donors (Lipinski definition) is 2. The minimum Gasteiger partial charge on any atom is -0.308 e. The Bertz CT molecular complexity index is 490. The van der Waals surface area contributed by atoms with Gasteiger partial charge in [-0.1, -0.05) is 6.07 Å². The Kier molecular flexibility index (Phi) is 3.91. The monoisotopic (exact) mass is 246 g/mol. The van der Waals surface area contributed by atoms with E-state index in [1.54, 1.807) is 0 Å². The van der Waals surface area contributed by atoms with Crippen molar-refractivity contribution in [3.8, 4) is 0 Å².